The number of nitro benzene ring substituents is 1. The predicted octanol–water partition coefficient (Wildman–Crippen LogP) is 2.68. The van der Waals surface area contributed by atoms with E-state index in [2.05, 4.69) is 0 Å². The summed E-state index contributed by atoms with van der Waals surface area (Å²) >= 11 is 0. The number of nitrogens with zero attached hydrogens (tertiary/aromatic N) is 3. The van der Waals surface area contributed by atoms with E-state index >= 15 is 0 Å². The summed E-state index contributed by atoms with van der Waals surface area (Å²) in [7, 11) is 5.16. The van der Waals surface area contributed by atoms with Gasteiger partial charge in [-0.05, 0) is 44.8 Å². The molecule has 1 atom stereocenters. The van der Waals surface area contributed by atoms with Gasteiger partial charge in [0, 0.05) is 24.7 Å². The van der Waals surface area contributed by atoms with Crippen LogP contribution in [0.15, 0.2) is 48.0 Å². The van der Waals surface area contributed by atoms with Crippen LogP contribution in [0, 0.1) is 10.1 Å². The topological polar surface area (TPSA) is 133 Å². The molecule has 1 heterocycles. The van der Waals surface area contributed by atoms with Crippen molar-refractivity contribution < 1.29 is 29.5 Å². The maximum absolute atomic E-state index is 13.0. The third-order valence-corrected chi connectivity index (χ3v) is 5.40. The van der Waals surface area contributed by atoms with Crippen molar-refractivity contribution in [3.05, 3.63) is 69.3 Å². The zero-order valence-corrected chi connectivity index (χ0v) is 18.5. The molecule has 1 fully saturated rings. The molecule has 0 saturated carbocycles. The summed E-state index contributed by atoms with van der Waals surface area (Å²) in [6, 6.07) is 8.67. The number of hydrogen-bond acceptors (Lipinski definition) is 8. The van der Waals surface area contributed by atoms with Crippen LogP contribution in [0.25, 0.3) is 5.76 Å². The molecule has 10 nitrogen and oxygen atoms in total. The Labute approximate surface area is 190 Å². The van der Waals surface area contributed by atoms with Crippen LogP contribution in [0.5, 0.6) is 11.5 Å². The van der Waals surface area contributed by atoms with Crippen molar-refractivity contribution in [1.29, 1.82) is 0 Å². The second kappa shape index (κ2) is 9.70. The molecule has 0 bridgehead atoms. The Morgan fingerprint density at radius 1 is 1.21 bits per heavy atom. The van der Waals surface area contributed by atoms with Crippen LogP contribution < -0.4 is 4.74 Å². The average molecular weight is 455 g/mol. The lowest BCUT2D eigenvalue weighted by Gasteiger charge is -2.26. The van der Waals surface area contributed by atoms with E-state index in [4.69, 9.17) is 4.74 Å². The van der Waals surface area contributed by atoms with Gasteiger partial charge in [-0.2, -0.15) is 0 Å². The van der Waals surface area contributed by atoms with Crippen molar-refractivity contribution in [2.45, 2.75) is 12.5 Å². The van der Waals surface area contributed by atoms with Gasteiger partial charge in [0.05, 0.1) is 29.2 Å². The predicted molar refractivity (Wildman–Crippen MR) is 120 cm³/mol. The number of aliphatic hydroxyl groups is 1. The van der Waals surface area contributed by atoms with Gasteiger partial charge in [-0.25, -0.2) is 0 Å². The molecule has 0 aliphatic carbocycles. The molecule has 33 heavy (non-hydrogen) atoms. The molecule has 3 rings (SSSR count). The van der Waals surface area contributed by atoms with Crippen LogP contribution in [0.1, 0.15) is 23.6 Å². The lowest BCUT2D eigenvalue weighted by atomic mass is 9.94. The van der Waals surface area contributed by atoms with Crippen LogP contribution in [-0.4, -0.2) is 70.9 Å². The van der Waals surface area contributed by atoms with Crippen molar-refractivity contribution in [2.75, 3.05) is 34.3 Å². The van der Waals surface area contributed by atoms with Crippen molar-refractivity contribution >= 4 is 23.1 Å². The van der Waals surface area contributed by atoms with Gasteiger partial charge in [0.1, 0.15) is 17.3 Å². The van der Waals surface area contributed by atoms with E-state index in [1.54, 1.807) is 6.07 Å². The van der Waals surface area contributed by atoms with E-state index in [9.17, 15) is 29.9 Å². The number of ketones is 1. The van der Waals surface area contributed by atoms with E-state index in [1.807, 2.05) is 19.0 Å². The monoisotopic (exact) mass is 455 g/mol. The Kier molecular flexibility index (Phi) is 6.98. The number of likely N-dealkylation sites (tertiary alicyclic amines) is 1. The number of methoxy groups -OCH3 is 1. The third-order valence-electron chi connectivity index (χ3n) is 5.40. The largest absolute Gasteiger partial charge is 0.507 e. The van der Waals surface area contributed by atoms with Gasteiger partial charge in [-0.3, -0.25) is 19.7 Å². The summed E-state index contributed by atoms with van der Waals surface area (Å²) < 4.78 is 5.05. The summed E-state index contributed by atoms with van der Waals surface area (Å²) in [5.74, 6) is -2.32. The number of Topliss-reactive ketones (excluding diaryl/α,β-unsaturated/α-hetero) is 1. The fourth-order valence-electron chi connectivity index (χ4n) is 3.81. The van der Waals surface area contributed by atoms with Gasteiger partial charge in [0.25, 0.3) is 17.4 Å². The van der Waals surface area contributed by atoms with E-state index in [0.717, 1.165) is 0 Å². The highest BCUT2D eigenvalue weighted by Crippen LogP contribution is 2.42. The van der Waals surface area contributed by atoms with E-state index < -0.39 is 28.4 Å². The molecule has 0 radical (unpaired) electrons. The number of carbonyl (C=O) groups is 2. The molecule has 10 heteroatoms. The maximum atomic E-state index is 13.0. The van der Waals surface area contributed by atoms with Gasteiger partial charge in [0.2, 0.25) is 0 Å². The van der Waals surface area contributed by atoms with Crippen LogP contribution in [0.3, 0.4) is 0 Å². The summed E-state index contributed by atoms with van der Waals surface area (Å²) in [5.41, 5.74) is -0.204. The maximum Gasteiger partial charge on any atom is 0.295 e. The molecule has 1 unspecified atom stereocenters. The van der Waals surface area contributed by atoms with Gasteiger partial charge in [0.15, 0.2) is 0 Å². The lowest BCUT2D eigenvalue weighted by Crippen LogP contribution is -2.32. The van der Waals surface area contributed by atoms with E-state index in [-0.39, 0.29) is 29.1 Å². The van der Waals surface area contributed by atoms with E-state index in [1.165, 1.54) is 48.4 Å². The van der Waals surface area contributed by atoms with Crippen molar-refractivity contribution in [1.82, 2.24) is 9.80 Å². The number of phenolic OH excluding ortho intramolecular Hbond substituents is 1. The quantitative estimate of drug-likeness (QED) is 0.204. The molecular formula is C23H25N3O7. The Balaban J connectivity index is 2.16. The number of phenols is 1. The number of rotatable bonds is 8. The van der Waals surface area contributed by atoms with Crippen LogP contribution in [-0.2, 0) is 9.59 Å². The standard InChI is InChI=1S/C23H25N3O7/c1-24(2)10-5-11-25-20(14-6-4-7-15(12-14)26(31)32)19(22(29)23(25)30)21(28)17-9-8-16(33-3)13-18(17)27/h4,6-9,12-13,20,27-28H,5,10-11H2,1-3H3/b21-19-. The molecule has 0 aromatic heterocycles. The number of amides is 1. The molecule has 174 valence electrons. The average Bonchev–Trinajstić information content (AvgIpc) is 3.03. The Bertz CT molecular complexity index is 1130. The van der Waals surface area contributed by atoms with Gasteiger partial charge >= 0.3 is 0 Å². The highest BCUT2D eigenvalue weighted by Gasteiger charge is 2.46. The number of carbonyl (C=O) groups excluding carboxylic acids is 2. The highest BCUT2D eigenvalue weighted by molar-refractivity contribution is 6.46. The number of non-ortho nitro benzene ring substituents is 1. The molecule has 1 aliphatic rings. The van der Waals surface area contributed by atoms with Crippen molar-refractivity contribution in [3.63, 3.8) is 0 Å². The summed E-state index contributed by atoms with van der Waals surface area (Å²) in [4.78, 5) is 39.9. The first-order valence-corrected chi connectivity index (χ1v) is 10.2. The number of hydrogen-bond donors (Lipinski definition) is 2. The first-order valence-electron chi connectivity index (χ1n) is 10.2. The number of ether oxygens (including phenoxy) is 1. The fourth-order valence-corrected chi connectivity index (χ4v) is 3.81. The molecule has 1 aliphatic heterocycles. The summed E-state index contributed by atoms with van der Waals surface area (Å²) in [5, 5.41) is 32.7. The highest BCUT2D eigenvalue weighted by atomic mass is 16.6. The molecular weight excluding hydrogens is 430 g/mol. The van der Waals surface area contributed by atoms with Gasteiger partial charge in [-0.15, -0.1) is 0 Å². The fraction of sp³-hybridized carbons (Fsp3) is 0.304. The number of nitro groups is 1. The first-order chi connectivity index (χ1) is 15.6. The van der Waals surface area contributed by atoms with Crippen LogP contribution in [0.2, 0.25) is 0 Å². The number of benzene rings is 2. The smallest absolute Gasteiger partial charge is 0.295 e. The second-order valence-electron chi connectivity index (χ2n) is 7.88. The van der Waals surface area contributed by atoms with Crippen molar-refractivity contribution in [2.24, 2.45) is 0 Å². The van der Waals surface area contributed by atoms with Gasteiger partial charge < -0.3 is 24.7 Å². The first kappa shape index (κ1) is 23.7. The Hall–Kier alpha value is -3.92. The molecule has 0 spiro atoms. The lowest BCUT2D eigenvalue weighted by molar-refractivity contribution is -0.384. The zero-order valence-electron chi connectivity index (χ0n) is 18.5. The second-order valence-corrected chi connectivity index (χ2v) is 7.88. The van der Waals surface area contributed by atoms with Gasteiger partial charge in [-0.1, -0.05) is 12.1 Å². The normalized spacial score (nSPS) is 17.6. The minimum Gasteiger partial charge on any atom is -0.507 e. The summed E-state index contributed by atoms with van der Waals surface area (Å²) in [6.07, 6.45) is 0.541. The molecule has 2 N–H and O–H groups in total. The number of aliphatic hydroxyl groups excluding tert-OH is 1. The third kappa shape index (κ3) is 4.80. The van der Waals surface area contributed by atoms with E-state index in [0.29, 0.717) is 24.3 Å². The minimum atomic E-state index is -1.05. The summed E-state index contributed by atoms with van der Waals surface area (Å²) in [6.45, 7) is 0.839. The molecule has 2 aromatic rings. The van der Waals surface area contributed by atoms with Crippen molar-refractivity contribution in [3.8, 4) is 11.5 Å². The number of aromatic hydroxyl groups is 1. The zero-order chi connectivity index (χ0) is 24.3. The van der Waals surface area contributed by atoms with Crippen LogP contribution >= 0.6 is 0 Å². The minimum absolute atomic E-state index is 0.0578. The Morgan fingerprint density at radius 2 is 1.94 bits per heavy atom. The molecule has 2 aromatic carbocycles. The van der Waals surface area contributed by atoms with Crippen LogP contribution in [0.4, 0.5) is 5.69 Å². The SMILES string of the molecule is COc1ccc(/C(O)=C2/C(=O)C(=O)N(CCCN(C)C)C2c2cccc([N+](=O)[O-])c2)c(O)c1. The molecule has 1 amide bonds. The Morgan fingerprint density at radius 3 is 2.55 bits per heavy atom. The molecule has 1 saturated heterocycles.